The second-order valence-corrected chi connectivity index (χ2v) is 6.73. The van der Waals surface area contributed by atoms with Crippen LogP contribution in [0.25, 0.3) is 0 Å². The largest absolute Gasteiger partial charge is 0.441 e. The zero-order chi connectivity index (χ0) is 15.6. The van der Waals surface area contributed by atoms with Gasteiger partial charge in [0.15, 0.2) is 0 Å². The zero-order valence-electron chi connectivity index (χ0n) is 10.3. The molecule has 0 saturated heterocycles. The molecular weight excluding hydrogens is 320 g/mol. The van der Waals surface area contributed by atoms with Crippen molar-refractivity contribution in [3.05, 3.63) is 23.5 Å². The number of hydrogen-bond donors (Lipinski definition) is 2. The molecule has 3 N–H and O–H groups in total. The van der Waals surface area contributed by atoms with E-state index in [-0.39, 0.29) is 17.4 Å². The summed E-state index contributed by atoms with van der Waals surface area (Å²) in [7, 11) is -4.23. The number of nitrogens with two attached hydrogens (primary N) is 1. The predicted octanol–water partition coefficient (Wildman–Crippen LogP) is 2.25. The molecule has 0 aliphatic heterocycles. The average Bonchev–Trinajstić information content (AvgIpc) is 2.28. The van der Waals surface area contributed by atoms with Gasteiger partial charge in [-0.15, -0.1) is 0 Å². The number of thioether (sulfide) groups is 1. The number of anilines is 1. The Balaban J connectivity index is 2.77. The van der Waals surface area contributed by atoms with E-state index in [0.717, 1.165) is 12.1 Å². The van der Waals surface area contributed by atoms with Gasteiger partial charge in [-0.25, -0.2) is 17.5 Å². The molecular formula is C10H12F4N2O2S2. The highest BCUT2D eigenvalue weighted by Crippen LogP contribution is 2.29. The van der Waals surface area contributed by atoms with Crippen LogP contribution < -0.4 is 10.5 Å². The van der Waals surface area contributed by atoms with Gasteiger partial charge in [0, 0.05) is 18.0 Å². The number of sulfonamides is 1. The van der Waals surface area contributed by atoms with Gasteiger partial charge in [0.05, 0.1) is 0 Å². The summed E-state index contributed by atoms with van der Waals surface area (Å²) >= 11 is -0.366. The highest BCUT2D eigenvalue weighted by molar-refractivity contribution is 8.00. The Morgan fingerprint density at radius 3 is 2.50 bits per heavy atom. The summed E-state index contributed by atoms with van der Waals surface area (Å²) in [5.41, 5.74) is 1.50. The molecule has 0 saturated carbocycles. The Kier molecular flexibility index (Phi) is 5.27. The van der Waals surface area contributed by atoms with E-state index < -0.39 is 38.5 Å². The fourth-order valence-electron chi connectivity index (χ4n) is 1.30. The van der Waals surface area contributed by atoms with Crippen LogP contribution in [-0.4, -0.2) is 26.2 Å². The van der Waals surface area contributed by atoms with Gasteiger partial charge < -0.3 is 5.73 Å². The second kappa shape index (κ2) is 6.19. The van der Waals surface area contributed by atoms with Gasteiger partial charge in [0.25, 0.3) is 0 Å². The van der Waals surface area contributed by atoms with Crippen molar-refractivity contribution in [2.24, 2.45) is 0 Å². The van der Waals surface area contributed by atoms with Crippen molar-refractivity contribution in [3.8, 4) is 0 Å². The highest BCUT2D eigenvalue weighted by Gasteiger charge is 2.28. The number of halogens is 4. The Morgan fingerprint density at radius 1 is 1.35 bits per heavy atom. The SMILES string of the molecule is Cc1cc(F)c(S(=O)(=O)NCCSC(F)(F)F)cc1N. The molecule has 0 spiro atoms. The molecule has 0 unspecified atom stereocenters. The van der Waals surface area contributed by atoms with E-state index in [2.05, 4.69) is 0 Å². The van der Waals surface area contributed by atoms with Crippen LogP contribution in [0.5, 0.6) is 0 Å². The highest BCUT2D eigenvalue weighted by atomic mass is 32.2. The first-order valence-corrected chi connectivity index (χ1v) is 7.76. The Labute approximate surface area is 117 Å². The Hall–Kier alpha value is -1.00. The molecule has 4 nitrogen and oxygen atoms in total. The van der Waals surface area contributed by atoms with Crippen LogP contribution >= 0.6 is 11.8 Å². The summed E-state index contributed by atoms with van der Waals surface area (Å²) in [4.78, 5) is -0.683. The minimum Gasteiger partial charge on any atom is -0.398 e. The second-order valence-electron chi connectivity index (χ2n) is 3.83. The Morgan fingerprint density at radius 2 is 1.95 bits per heavy atom. The molecule has 0 fully saturated rings. The number of aryl methyl sites for hydroxylation is 1. The minimum atomic E-state index is -4.44. The summed E-state index contributed by atoms with van der Waals surface area (Å²) in [6.45, 7) is 1.03. The maximum Gasteiger partial charge on any atom is 0.441 e. The van der Waals surface area contributed by atoms with Crippen molar-refractivity contribution in [1.29, 1.82) is 0 Å². The number of nitrogen functional groups attached to an aromatic ring is 1. The molecule has 0 aromatic heterocycles. The van der Waals surface area contributed by atoms with Gasteiger partial charge >= 0.3 is 5.51 Å². The van der Waals surface area contributed by atoms with E-state index in [1.54, 1.807) is 0 Å². The topological polar surface area (TPSA) is 72.2 Å². The standard InChI is InChI=1S/C10H12F4N2O2S2/c1-6-4-7(11)9(5-8(6)15)20(17,18)16-2-3-19-10(12,13)14/h4-5,16H,2-3,15H2,1H3. The number of alkyl halides is 3. The lowest BCUT2D eigenvalue weighted by Crippen LogP contribution is -2.27. The maximum atomic E-state index is 13.6. The molecule has 10 heteroatoms. The molecule has 0 heterocycles. The molecule has 0 aliphatic rings. The van der Waals surface area contributed by atoms with Gasteiger partial charge in [-0.2, -0.15) is 13.2 Å². The predicted molar refractivity (Wildman–Crippen MR) is 69.3 cm³/mol. The molecule has 1 aromatic carbocycles. The third-order valence-corrected chi connectivity index (χ3v) is 4.48. The van der Waals surface area contributed by atoms with Gasteiger partial charge in [-0.3, -0.25) is 0 Å². The minimum absolute atomic E-state index is 0.0800. The van der Waals surface area contributed by atoms with Crippen molar-refractivity contribution in [2.45, 2.75) is 17.3 Å². The van der Waals surface area contributed by atoms with Crippen LogP contribution in [0.2, 0.25) is 0 Å². The fourth-order valence-corrected chi connectivity index (χ4v) is 2.98. The quantitative estimate of drug-likeness (QED) is 0.493. The molecule has 1 aromatic rings. The first-order valence-electron chi connectivity index (χ1n) is 5.29. The fraction of sp³-hybridized carbons (Fsp3) is 0.400. The number of benzene rings is 1. The maximum absolute atomic E-state index is 13.6. The van der Waals surface area contributed by atoms with Crippen molar-refractivity contribution in [3.63, 3.8) is 0 Å². The summed E-state index contributed by atoms with van der Waals surface area (Å²) < 4.78 is 74.6. The van der Waals surface area contributed by atoms with E-state index in [0.29, 0.717) is 5.56 Å². The molecule has 0 aliphatic carbocycles. The normalized spacial score (nSPS) is 12.7. The van der Waals surface area contributed by atoms with Gasteiger partial charge in [-0.05, 0) is 36.4 Å². The summed E-state index contributed by atoms with van der Waals surface area (Å²) in [5.74, 6) is -1.52. The van der Waals surface area contributed by atoms with E-state index >= 15 is 0 Å². The number of hydrogen-bond acceptors (Lipinski definition) is 4. The van der Waals surface area contributed by atoms with Crippen LogP contribution in [0.4, 0.5) is 23.2 Å². The molecule has 0 amide bonds. The van der Waals surface area contributed by atoms with E-state index in [1.165, 1.54) is 6.92 Å². The summed E-state index contributed by atoms with van der Waals surface area (Å²) in [6, 6.07) is 1.89. The monoisotopic (exact) mass is 332 g/mol. The van der Waals surface area contributed by atoms with E-state index in [9.17, 15) is 26.0 Å². The van der Waals surface area contributed by atoms with Crippen LogP contribution in [0.15, 0.2) is 17.0 Å². The molecule has 20 heavy (non-hydrogen) atoms. The lowest BCUT2D eigenvalue weighted by molar-refractivity contribution is -0.0327. The molecule has 0 radical (unpaired) electrons. The van der Waals surface area contributed by atoms with Gasteiger partial charge in [0.1, 0.15) is 10.7 Å². The van der Waals surface area contributed by atoms with Crippen molar-refractivity contribution in [2.75, 3.05) is 18.0 Å². The number of nitrogens with one attached hydrogen (secondary N) is 1. The van der Waals surface area contributed by atoms with E-state index in [1.807, 2.05) is 4.72 Å². The van der Waals surface area contributed by atoms with Crippen LogP contribution in [0.3, 0.4) is 0 Å². The smallest absolute Gasteiger partial charge is 0.398 e. The Bertz CT molecular complexity index is 588. The average molecular weight is 332 g/mol. The lowest BCUT2D eigenvalue weighted by atomic mass is 10.2. The lowest BCUT2D eigenvalue weighted by Gasteiger charge is -2.10. The zero-order valence-corrected chi connectivity index (χ0v) is 11.9. The molecule has 114 valence electrons. The van der Waals surface area contributed by atoms with Crippen LogP contribution in [0.1, 0.15) is 5.56 Å². The van der Waals surface area contributed by atoms with E-state index in [4.69, 9.17) is 5.73 Å². The summed E-state index contributed by atoms with van der Waals surface area (Å²) in [6.07, 6.45) is 0. The van der Waals surface area contributed by atoms with Crippen molar-refractivity contribution in [1.82, 2.24) is 4.72 Å². The van der Waals surface area contributed by atoms with Crippen molar-refractivity contribution < 1.29 is 26.0 Å². The van der Waals surface area contributed by atoms with Gasteiger partial charge in [0.2, 0.25) is 10.0 Å². The van der Waals surface area contributed by atoms with Crippen molar-refractivity contribution >= 4 is 27.5 Å². The first-order chi connectivity index (χ1) is 9.03. The molecule has 0 atom stereocenters. The first kappa shape index (κ1) is 17.1. The third-order valence-electron chi connectivity index (χ3n) is 2.27. The van der Waals surface area contributed by atoms with Crippen LogP contribution in [0, 0.1) is 12.7 Å². The van der Waals surface area contributed by atoms with Crippen LogP contribution in [-0.2, 0) is 10.0 Å². The summed E-state index contributed by atoms with van der Waals surface area (Å²) in [5, 5.41) is 0. The number of rotatable bonds is 5. The molecule has 0 bridgehead atoms. The third kappa shape index (κ3) is 4.84. The molecule has 1 rings (SSSR count). The van der Waals surface area contributed by atoms with Gasteiger partial charge in [-0.1, -0.05) is 0 Å².